The molecule has 0 spiro atoms. The first-order valence-corrected chi connectivity index (χ1v) is 12.2. The second-order valence-electron chi connectivity index (χ2n) is 7.89. The normalized spacial score (nSPS) is 14.2. The number of para-hydroxylation sites is 1. The maximum Gasteiger partial charge on any atom is 0.438 e. The third-order valence-corrected chi connectivity index (χ3v) is 6.46. The number of hydrogen-bond acceptors (Lipinski definition) is 7. The number of benzene rings is 3. The van der Waals surface area contributed by atoms with Crippen LogP contribution in [-0.4, -0.2) is 35.0 Å². The number of ketones is 1. The van der Waals surface area contributed by atoms with E-state index in [0.717, 1.165) is 17.3 Å². The summed E-state index contributed by atoms with van der Waals surface area (Å²) in [4.78, 5) is 44.9. The largest absolute Gasteiger partial charge is 0.497 e. The molecule has 184 valence electrons. The van der Waals surface area contributed by atoms with Crippen LogP contribution in [-0.2, 0) is 4.79 Å². The van der Waals surface area contributed by atoms with Gasteiger partial charge in [-0.1, -0.05) is 60.3 Å². The van der Waals surface area contributed by atoms with E-state index in [1.807, 2.05) is 48.5 Å². The lowest BCUT2D eigenvalue weighted by Gasteiger charge is -2.17. The topological polar surface area (TPSA) is 109 Å². The van der Waals surface area contributed by atoms with Gasteiger partial charge in [-0.3, -0.25) is 19.0 Å². The molecule has 9 nitrogen and oxygen atoms in total. The number of hydrogen-bond donors (Lipinski definition) is 1. The number of aromatic nitrogens is 2. The van der Waals surface area contributed by atoms with E-state index in [9.17, 15) is 14.4 Å². The van der Waals surface area contributed by atoms with E-state index in [0.29, 0.717) is 22.3 Å². The Kier molecular flexibility index (Phi) is 6.82. The van der Waals surface area contributed by atoms with Crippen LogP contribution < -0.4 is 19.9 Å². The number of aromatic amines is 1. The number of nitrogens with zero attached hydrogens (tertiary/aromatic N) is 3. The van der Waals surface area contributed by atoms with Crippen LogP contribution in [0, 0.1) is 0 Å². The van der Waals surface area contributed by atoms with Gasteiger partial charge in [-0.05, 0) is 45.9 Å². The number of aliphatic imine (C=N–C) groups is 1. The summed E-state index contributed by atoms with van der Waals surface area (Å²) in [6.45, 7) is 0. The smallest absolute Gasteiger partial charge is 0.438 e. The van der Waals surface area contributed by atoms with E-state index < -0.39 is 11.4 Å². The molecule has 2 heterocycles. The van der Waals surface area contributed by atoms with Crippen molar-refractivity contribution >= 4 is 40.4 Å². The number of ether oxygens (including phenoxy) is 1. The van der Waals surface area contributed by atoms with Crippen molar-refractivity contribution in [3.8, 4) is 11.4 Å². The van der Waals surface area contributed by atoms with Crippen molar-refractivity contribution in [3.05, 3.63) is 112 Å². The van der Waals surface area contributed by atoms with Crippen LogP contribution >= 0.6 is 11.8 Å². The van der Waals surface area contributed by atoms with Crippen LogP contribution in [0.2, 0.25) is 0 Å². The van der Waals surface area contributed by atoms with Gasteiger partial charge in [-0.2, -0.15) is 0 Å². The first-order chi connectivity index (χ1) is 18.0. The summed E-state index contributed by atoms with van der Waals surface area (Å²) in [6, 6.07) is 25.2. The van der Waals surface area contributed by atoms with Gasteiger partial charge in [0.25, 0.3) is 5.91 Å². The van der Waals surface area contributed by atoms with Gasteiger partial charge in [0.2, 0.25) is 11.5 Å². The zero-order valence-corrected chi connectivity index (χ0v) is 20.5. The van der Waals surface area contributed by atoms with Gasteiger partial charge in [0.15, 0.2) is 5.17 Å². The van der Waals surface area contributed by atoms with Crippen LogP contribution in [0.4, 0.5) is 5.69 Å². The highest BCUT2D eigenvalue weighted by Gasteiger charge is 2.35. The molecule has 0 fully saturated rings. The molecule has 0 atom stereocenters. The van der Waals surface area contributed by atoms with E-state index in [1.54, 1.807) is 49.6 Å². The molecule has 1 aromatic heterocycles. The highest BCUT2D eigenvalue weighted by molar-refractivity contribution is 8.14. The van der Waals surface area contributed by atoms with Crippen molar-refractivity contribution in [2.75, 3.05) is 17.8 Å². The maximum absolute atomic E-state index is 13.3. The molecule has 1 N–H and O–H groups in total. The zero-order chi connectivity index (χ0) is 25.8. The monoisotopic (exact) mass is 513 g/mol. The Bertz CT molecular complexity index is 1560. The third kappa shape index (κ3) is 5.00. The van der Waals surface area contributed by atoms with E-state index in [2.05, 4.69) is 10.3 Å². The van der Waals surface area contributed by atoms with E-state index >= 15 is 0 Å². The Morgan fingerprint density at radius 1 is 1.03 bits per heavy atom. The Morgan fingerprint density at radius 3 is 2.38 bits per heavy atom. The second kappa shape index (κ2) is 10.5. The van der Waals surface area contributed by atoms with Crippen molar-refractivity contribution in [3.63, 3.8) is 0 Å². The fourth-order valence-corrected chi connectivity index (χ4v) is 4.60. The fraction of sp³-hybridized carbons (Fsp3) is 0.0741. The summed E-state index contributed by atoms with van der Waals surface area (Å²) in [5, 5.41) is 2.80. The predicted molar refractivity (Wildman–Crippen MR) is 140 cm³/mol. The molecule has 1 aliphatic rings. The van der Waals surface area contributed by atoms with E-state index in [4.69, 9.17) is 9.26 Å². The molecule has 5 rings (SSSR count). The summed E-state index contributed by atoms with van der Waals surface area (Å²) < 4.78 is 11.3. The van der Waals surface area contributed by atoms with Crippen molar-refractivity contribution in [2.45, 2.75) is 0 Å². The van der Waals surface area contributed by atoms with Crippen LogP contribution in [0.15, 0.2) is 105 Å². The summed E-state index contributed by atoms with van der Waals surface area (Å²) in [5.74, 6) is -0.311. The summed E-state index contributed by atoms with van der Waals surface area (Å²) in [5.41, 5.74) is 1.25. The van der Waals surface area contributed by atoms with Gasteiger partial charge in [-0.25, -0.2) is 9.79 Å². The van der Waals surface area contributed by atoms with Crippen LogP contribution in [0.25, 0.3) is 11.8 Å². The Hall–Kier alpha value is -4.70. The lowest BCUT2D eigenvalue weighted by Crippen LogP contribution is -2.41. The molecular weight excluding hydrogens is 492 g/mol. The average molecular weight is 514 g/mol. The summed E-state index contributed by atoms with van der Waals surface area (Å²) in [6.07, 6.45) is 1.70. The number of carbonyl (C=O) groups excluding carboxylic acids is 2. The molecule has 0 aliphatic carbocycles. The van der Waals surface area contributed by atoms with Crippen molar-refractivity contribution in [2.24, 2.45) is 4.99 Å². The van der Waals surface area contributed by atoms with Crippen molar-refractivity contribution in [1.29, 1.82) is 0 Å². The highest BCUT2D eigenvalue weighted by atomic mass is 32.2. The lowest BCUT2D eigenvalue weighted by molar-refractivity contribution is -0.672. The van der Waals surface area contributed by atoms with Gasteiger partial charge < -0.3 is 4.74 Å². The number of carbonyl (C=O) groups is 2. The first-order valence-electron chi connectivity index (χ1n) is 11.2. The summed E-state index contributed by atoms with van der Waals surface area (Å²) in [7, 11) is 1.55. The molecule has 0 radical (unpaired) electrons. The van der Waals surface area contributed by atoms with Gasteiger partial charge in [0, 0.05) is 12.1 Å². The molecule has 0 bridgehead atoms. The molecule has 0 saturated carbocycles. The number of methoxy groups -OCH3 is 1. The number of Topliss-reactive ketones (excluding diaryl/α,β-unsaturated/α-hetero) is 1. The molecule has 0 saturated heterocycles. The molecular formula is C27H21N4O5S+. The first kappa shape index (κ1) is 24.0. The van der Waals surface area contributed by atoms with Gasteiger partial charge in [0.1, 0.15) is 11.4 Å². The minimum Gasteiger partial charge on any atom is -0.497 e. The van der Waals surface area contributed by atoms with E-state index in [1.165, 1.54) is 9.58 Å². The molecule has 1 aliphatic heterocycles. The molecule has 4 aromatic rings. The number of amidine groups is 1. The summed E-state index contributed by atoms with van der Waals surface area (Å²) >= 11 is 1.07. The minimum absolute atomic E-state index is 0.146. The zero-order valence-electron chi connectivity index (χ0n) is 19.7. The number of H-pyrrole nitrogens is 1. The molecule has 37 heavy (non-hydrogen) atoms. The number of thioether (sulfide) groups is 1. The van der Waals surface area contributed by atoms with Crippen molar-refractivity contribution < 1.29 is 23.5 Å². The van der Waals surface area contributed by atoms with Crippen LogP contribution in [0.3, 0.4) is 0 Å². The highest BCUT2D eigenvalue weighted by Crippen LogP contribution is 2.29. The number of amides is 1. The standard InChI is InChI=1S/C27H20N4O5S/c1-35-21-14-12-20(13-15-21)31-24(26(34)36-29-31)23(32)17-37-27-28-22(16-18-8-4-2-5-9-18)25(33)30(27)19-10-6-3-7-11-19/h2-16H,17H2,1H3/p+1/b22-16+. The van der Waals surface area contributed by atoms with Gasteiger partial charge >= 0.3 is 11.3 Å². The Balaban J connectivity index is 1.43. The minimum atomic E-state index is -0.796. The van der Waals surface area contributed by atoms with Gasteiger partial charge in [0.05, 0.1) is 18.6 Å². The average Bonchev–Trinajstić information content (AvgIpc) is 3.47. The maximum atomic E-state index is 13.3. The third-order valence-electron chi connectivity index (χ3n) is 5.52. The lowest BCUT2D eigenvalue weighted by atomic mass is 10.2. The number of nitrogens with one attached hydrogen (secondary N) is 1. The Morgan fingerprint density at radius 2 is 1.70 bits per heavy atom. The van der Waals surface area contributed by atoms with Crippen LogP contribution in [0.1, 0.15) is 16.1 Å². The Labute approximate surface area is 215 Å². The fourth-order valence-electron chi connectivity index (χ4n) is 3.73. The molecule has 0 unspecified atom stereocenters. The quantitative estimate of drug-likeness (QED) is 0.230. The predicted octanol–water partition coefficient (Wildman–Crippen LogP) is 3.61. The number of rotatable bonds is 7. The second-order valence-corrected chi connectivity index (χ2v) is 8.83. The van der Waals surface area contributed by atoms with E-state index in [-0.39, 0.29) is 23.1 Å². The van der Waals surface area contributed by atoms with Crippen molar-refractivity contribution in [1.82, 2.24) is 5.27 Å². The van der Waals surface area contributed by atoms with Crippen LogP contribution in [0.5, 0.6) is 5.75 Å². The SMILES string of the molecule is COc1ccc(-[n+]2[nH]oc(=O)c2C(=O)CSC2=N/C(=C/c3ccccc3)C(=O)N2c2ccccc2)cc1. The molecule has 10 heteroatoms. The molecule has 1 amide bonds. The number of anilines is 1. The van der Waals surface area contributed by atoms with Gasteiger partial charge in [-0.15, -0.1) is 0 Å². The molecule has 3 aromatic carbocycles.